The second-order valence-corrected chi connectivity index (χ2v) is 4.22. The predicted octanol–water partition coefficient (Wildman–Crippen LogP) is 3.08. The van der Waals surface area contributed by atoms with E-state index >= 15 is 0 Å². The first-order chi connectivity index (χ1) is 9.58. The Bertz CT molecular complexity index is 628. The fourth-order valence-corrected chi connectivity index (χ4v) is 1.79. The van der Waals surface area contributed by atoms with E-state index in [1.807, 2.05) is 0 Å². The molecule has 20 heavy (non-hydrogen) atoms. The summed E-state index contributed by atoms with van der Waals surface area (Å²) in [4.78, 5) is 11.7. The molecule has 2 nitrogen and oxygen atoms in total. The molecule has 0 aliphatic heterocycles. The van der Waals surface area contributed by atoms with Crippen molar-refractivity contribution in [2.45, 2.75) is 6.42 Å². The highest BCUT2D eigenvalue weighted by atomic mass is 19.1. The zero-order valence-electron chi connectivity index (χ0n) is 10.5. The number of carbonyl (C=O) groups is 1. The Hall–Kier alpha value is -2.30. The molecule has 104 valence electrons. The third kappa shape index (κ3) is 3.38. The maximum Gasteiger partial charge on any atom is 0.254 e. The third-order valence-corrected chi connectivity index (χ3v) is 2.81. The molecule has 0 aromatic heterocycles. The van der Waals surface area contributed by atoms with Crippen LogP contribution in [0.15, 0.2) is 42.5 Å². The lowest BCUT2D eigenvalue weighted by molar-refractivity contribution is 0.0950. The first-order valence-corrected chi connectivity index (χ1v) is 6.04. The number of carbonyl (C=O) groups excluding carboxylic acids is 1. The van der Waals surface area contributed by atoms with Gasteiger partial charge >= 0.3 is 0 Å². The smallest absolute Gasteiger partial charge is 0.254 e. The number of hydrogen-bond donors (Lipinski definition) is 1. The average molecular weight is 279 g/mol. The van der Waals surface area contributed by atoms with Crippen LogP contribution in [0.4, 0.5) is 13.2 Å². The molecule has 0 radical (unpaired) electrons. The lowest BCUT2D eigenvalue weighted by Crippen LogP contribution is -2.26. The van der Waals surface area contributed by atoms with E-state index in [1.165, 1.54) is 18.2 Å². The van der Waals surface area contributed by atoms with E-state index in [-0.39, 0.29) is 24.1 Å². The zero-order chi connectivity index (χ0) is 14.5. The Labute approximate surface area is 114 Å². The summed E-state index contributed by atoms with van der Waals surface area (Å²) < 4.78 is 39.6. The minimum atomic E-state index is -0.623. The molecule has 1 amide bonds. The van der Waals surface area contributed by atoms with Crippen LogP contribution in [0, 0.1) is 17.5 Å². The molecule has 0 unspecified atom stereocenters. The van der Waals surface area contributed by atoms with Crippen molar-refractivity contribution >= 4 is 5.91 Å². The van der Waals surface area contributed by atoms with Gasteiger partial charge in [0.1, 0.15) is 17.5 Å². The van der Waals surface area contributed by atoms with Gasteiger partial charge in [-0.3, -0.25) is 4.79 Å². The topological polar surface area (TPSA) is 29.1 Å². The largest absolute Gasteiger partial charge is 0.352 e. The summed E-state index contributed by atoms with van der Waals surface area (Å²) in [6.45, 7) is 0.0908. The van der Waals surface area contributed by atoms with Crippen molar-refractivity contribution in [1.29, 1.82) is 0 Å². The molecule has 0 spiro atoms. The highest BCUT2D eigenvalue weighted by Gasteiger charge is 2.10. The second-order valence-electron chi connectivity index (χ2n) is 4.22. The van der Waals surface area contributed by atoms with Crippen LogP contribution in [0.5, 0.6) is 0 Å². The fraction of sp³-hybridized carbons (Fsp3) is 0.133. The van der Waals surface area contributed by atoms with Gasteiger partial charge in [-0.2, -0.15) is 0 Å². The van der Waals surface area contributed by atoms with Gasteiger partial charge in [0.15, 0.2) is 0 Å². The van der Waals surface area contributed by atoms with E-state index in [4.69, 9.17) is 0 Å². The van der Waals surface area contributed by atoms with Crippen molar-refractivity contribution in [2.24, 2.45) is 0 Å². The molecule has 0 saturated heterocycles. The first kappa shape index (κ1) is 14.1. The van der Waals surface area contributed by atoms with Gasteiger partial charge < -0.3 is 5.32 Å². The van der Waals surface area contributed by atoms with E-state index < -0.39 is 23.4 Å². The summed E-state index contributed by atoms with van der Waals surface area (Å²) >= 11 is 0. The van der Waals surface area contributed by atoms with Gasteiger partial charge in [0, 0.05) is 6.54 Å². The molecule has 2 rings (SSSR count). The molecule has 0 aliphatic rings. The molecule has 0 saturated carbocycles. The quantitative estimate of drug-likeness (QED) is 0.915. The number of rotatable bonds is 4. The van der Waals surface area contributed by atoms with Crippen LogP contribution in [0.2, 0.25) is 0 Å². The summed E-state index contributed by atoms with van der Waals surface area (Å²) in [5.74, 6) is -2.28. The van der Waals surface area contributed by atoms with Crippen molar-refractivity contribution < 1.29 is 18.0 Å². The number of amides is 1. The van der Waals surface area contributed by atoms with Crippen molar-refractivity contribution in [3.8, 4) is 0 Å². The summed E-state index contributed by atoms with van der Waals surface area (Å²) in [5.41, 5.74) is 0.0889. The molecular formula is C15H12F3NO. The normalized spacial score (nSPS) is 10.3. The highest BCUT2D eigenvalue weighted by molar-refractivity contribution is 5.94. The van der Waals surface area contributed by atoms with Gasteiger partial charge in [-0.15, -0.1) is 0 Å². The van der Waals surface area contributed by atoms with Gasteiger partial charge in [0.2, 0.25) is 0 Å². The average Bonchev–Trinajstić information content (AvgIpc) is 2.43. The van der Waals surface area contributed by atoms with E-state index in [2.05, 4.69) is 5.32 Å². The summed E-state index contributed by atoms with van der Waals surface area (Å²) in [6.07, 6.45) is 0.129. The van der Waals surface area contributed by atoms with Crippen LogP contribution in [-0.4, -0.2) is 12.5 Å². The number of nitrogens with one attached hydrogen (secondary N) is 1. The summed E-state index contributed by atoms with van der Waals surface area (Å²) in [6, 6.07) is 8.69. The van der Waals surface area contributed by atoms with Crippen LogP contribution >= 0.6 is 0 Å². The SMILES string of the molecule is O=C(NCCc1cc(F)ccc1F)c1ccccc1F. The predicted molar refractivity (Wildman–Crippen MR) is 68.8 cm³/mol. The number of benzene rings is 2. The van der Waals surface area contributed by atoms with Crippen molar-refractivity contribution in [1.82, 2.24) is 5.32 Å². The van der Waals surface area contributed by atoms with Crippen LogP contribution in [0.25, 0.3) is 0 Å². The highest BCUT2D eigenvalue weighted by Crippen LogP contribution is 2.10. The number of hydrogen-bond acceptors (Lipinski definition) is 1. The standard InChI is InChI=1S/C15H12F3NO/c16-11-5-6-13(17)10(9-11)7-8-19-15(20)12-3-1-2-4-14(12)18/h1-6,9H,7-8H2,(H,19,20). The zero-order valence-corrected chi connectivity index (χ0v) is 10.5. The Morgan fingerprint density at radius 2 is 1.75 bits per heavy atom. The van der Waals surface area contributed by atoms with Gasteiger partial charge in [0.25, 0.3) is 5.91 Å². The van der Waals surface area contributed by atoms with Crippen LogP contribution in [-0.2, 0) is 6.42 Å². The van der Waals surface area contributed by atoms with Gasteiger partial charge in [-0.1, -0.05) is 12.1 Å². The van der Waals surface area contributed by atoms with Gasteiger partial charge in [0.05, 0.1) is 5.56 Å². The molecule has 0 aliphatic carbocycles. The lowest BCUT2D eigenvalue weighted by Gasteiger charge is -2.07. The fourth-order valence-electron chi connectivity index (χ4n) is 1.79. The van der Waals surface area contributed by atoms with Gasteiger partial charge in [-0.05, 0) is 42.3 Å². The van der Waals surface area contributed by atoms with E-state index in [0.29, 0.717) is 0 Å². The van der Waals surface area contributed by atoms with E-state index in [0.717, 1.165) is 18.2 Å². The summed E-state index contributed by atoms with van der Waals surface area (Å²) in [5, 5.41) is 2.47. The van der Waals surface area contributed by atoms with Gasteiger partial charge in [-0.25, -0.2) is 13.2 Å². The molecule has 2 aromatic rings. The molecule has 0 bridgehead atoms. The maximum atomic E-state index is 13.3. The lowest BCUT2D eigenvalue weighted by atomic mass is 10.1. The Balaban J connectivity index is 1.95. The molecule has 2 aromatic carbocycles. The minimum Gasteiger partial charge on any atom is -0.352 e. The summed E-state index contributed by atoms with van der Waals surface area (Å²) in [7, 11) is 0. The van der Waals surface area contributed by atoms with Crippen LogP contribution < -0.4 is 5.32 Å². The molecular weight excluding hydrogens is 267 g/mol. The minimum absolute atomic E-state index is 0.0767. The van der Waals surface area contributed by atoms with E-state index in [1.54, 1.807) is 6.07 Å². The molecule has 0 atom stereocenters. The maximum absolute atomic E-state index is 13.3. The van der Waals surface area contributed by atoms with Crippen molar-refractivity contribution in [2.75, 3.05) is 6.54 Å². The molecule has 5 heteroatoms. The Morgan fingerprint density at radius 1 is 1.00 bits per heavy atom. The first-order valence-electron chi connectivity index (χ1n) is 6.04. The van der Waals surface area contributed by atoms with Crippen LogP contribution in [0.1, 0.15) is 15.9 Å². The monoisotopic (exact) mass is 279 g/mol. The third-order valence-electron chi connectivity index (χ3n) is 2.81. The van der Waals surface area contributed by atoms with Crippen molar-refractivity contribution in [3.05, 3.63) is 71.0 Å². The molecule has 0 fully saturated rings. The Morgan fingerprint density at radius 3 is 2.50 bits per heavy atom. The molecule has 0 heterocycles. The number of halogens is 3. The van der Waals surface area contributed by atoms with E-state index in [9.17, 15) is 18.0 Å². The van der Waals surface area contributed by atoms with Crippen LogP contribution in [0.3, 0.4) is 0 Å². The Kier molecular flexibility index (Phi) is 4.40. The molecule has 1 N–H and O–H groups in total. The second kappa shape index (κ2) is 6.23. The van der Waals surface area contributed by atoms with Crippen molar-refractivity contribution in [3.63, 3.8) is 0 Å².